The van der Waals surface area contributed by atoms with Crippen LogP contribution in [0.5, 0.6) is 0 Å². The third kappa shape index (κ3) is 3.54. The molecule has 0 aliphatic carbocycles. The summed E-state index contributed by atoms with van der Waals surface area (Å²) in [6.45, 7) is 7.68. The normalized spacial score (nSPS) is 10.9. The van der Waals surface area contributed by atoms with E-state index in [0.717, 1.165) is 25.8 Å². The van der Waals surface area contributed by atoms with E-state index in [4.69, 9.17) is 0 Å². The molecule has 0 aliphatic rings. The highest BCUT2D eigenvalue weighted by Crippen LogP contribution is 2.31. The van der Waals surface area contributed by atoms with Crippen LogP contribution in [0.1, 0.15) is 43.0 Å². The molecule has 0 aromatic heterocycles. The van der Waals surface area contributed by atoms with E-state index >= 15 is 0 Å². The summed E-state index contributed by atoms with van der Waals surface area (Å²) in [5.41, 5.74) is 8.58. The van der Waals surface area contributed by atoms with Gasteiger partial charge in [0.05, 0.1) is 0 Å². The Morgan fingerprint density at radius 3 is 2.00 bits per heavy atom. The van der Waals surface area contributed by atoms with E-state index in [0.29, 0.717) is 0 Å². The molecule has 0 aliphatic heterocycles. The molecule has 0 atom stereocenters. The fourth-order valence-electron chi connectivity index (χ4n) is 3.01. The second-order valence-corrected chi connectivity index (χ2v) is 5.58. The molecule has 0 radical (unpaired) electrons. The molecular weight excluding hydrogens is 254 g/mol. The first-order valence-electron chi connectivity index (χ1n) is 8.12. The zero-order valence-electron chi connectivity index (χ0n) is 13.8. The van der Waals surface area contributed by atoms with E-state index < -0.39 is 0 Å². The number of aryl methyl sites for hydroxylation is 3. The van der Waals surface area contributed by atoms with Gasteiger partial charge in [0.25, 0.3) is 0 Å². The van der Waals surface area contributed by atoms with Crippen LogP contribution in [0.15, 0.2) is 36.4 Å². The van der Waals surface area contributed by atoms with Gasteiger partial charge in [0.1, 0.15) is 0 Å². The average Bonchev–Trinajstić information content (AvgIpc) is 2.54. The molecule has 112 valence electrons. The van der Waals surface area contributed by atoms with Crippen LogP contribution in [0.25, 0.3) is 11.1 Å². The van der Waals surface area contributed by atoms with Gasteiger partial charge in [-0.15, -0.1) is 0 Å². The van der Waals surface area contributed by atoms with Gasteiger partial charge in [-0.25, -0.2) is 0 Å². The van der Waals surface area contributed by atoms with Gasteiger partial charge in [0.15, 0.2) is 0 Å². The van der Waals surface area contributed by atoms with Gasteiger partial charge in [0, 0.05) is 6.54 Å². The first-order chi connectivity index (χ1) is 10.2. The molecule has 0 amide bonds. The maximum Gasteiger partial charge on any atom is 0.0202 e. The van der Waals surface area contributed by atoms with Crippen molar-refractivity contribution in [2.24, 2.45) is 0 Å². The fraction of sp³-hybridized carbons (Fsp3) is 0.400. The molecule has 1 heteroatoms. The smallest absolute Gasteiger partial charge is 0.0202 e. The van der Waals surface area contributed by atoms with Crippen molar-refractivity contribution in [3.63, 3.8) is 0 Å². The van der Waals surface area contributed by atoms with Gasteiger partial charge in [-0.1, -0.05) is 51.1 Å². The minimum Gasteiger partial charge on any atom is -0.316 e. The molecule has 21 heavy (non-hydrogen) atoms. The van der Waals surface area contributed by atoms with Gasteiger partial charge in [-0.05, 0) is 65.8 Å². The summed E-state index contributed by atoms with van der Waals surface area (Å²) >= 11 is 0. The second kappa shape index (κ2) is 7.42. The van der Waals surface area contributed by atoms with Crippen LogP contribution in [-0.2, 0) is 25.8 Å². The Bertz CT molecular complexity index is 574. The molecular formula is C20H27N. The summed E-state index contributed by atoms with van der Waals surface area (Å²) in [6, 6.07) is 13.7. The van der Waals surface area contributed by atoms with Crippen molar-refractivity contribution in [3.05, 3.63) is 58.7 Å². The predicted octanol–water partition coefficient (Wildman–Crippen LogP) is 4.76. The summed E-state index contributed by atoms with van der Waals surface area (Å²) in [7, 11) is 2.00. The Kier molecular flexibility index (Phi) is 5.58. The number of nitrogens with one attached hydrogen (secondary N) is 1. The van der Waals surface area contributed by atoms with Crippen LogP contribution in [0.4, 0.5) is 0 Å². The largest absolute Gasteiger partial charge is 0.316 e. The maximum atomic E-state index is 3.24. The standard InChI is InChI=1S/C20H27N/c1-5-15-11-17(6-2)20(18(7-3)12-15)19-10-8-9-16(13-19)14-21-4/h8-13,21H,5-7,14H2,1-4H3. The fourth-order valence-corrected chi connectivity index (χ4v) is 3.01. The molecule has 2 aromatic rings. The van der Waals surface area contributed by atoms with Crippen LogP contribution in [0.3, 0.4) is 0 Å². The quantitative estimate of drug-likeness (QED) is 0.805. The van der Waals surface area contributed by atoms with E-state index in [9.17, 15) is 0 Å². The van der Waals surface area contributed by atoms with E-state index in [1.807, 2.05) is 7.05 Å². The van der Waals surface area contributed by atoms with Crippen molar-refractivity contribution in [3.8, 4) is 11.1 Å². The van der Waals surface area contributed by atoms with Gasteiger partial charge in [-0.3, -0.25) is 0 Å². The van der Waals surface area contributed by atoms with Crippen molar-refractivity contribution in [2.75, 3.05) is 7.05 Å². The van der Waals surface area contributed by atoms with Gasteiger partial charge in [0.2, 0.25) is 0 Å². The Balaban J connectivity index is 2.58. The van der Waals surface area contributed by atoms with Crippen molar-refractivity contribution >= 4 is 0 Å². The molecule has 0 unspecified atom stereocenters. The second-order valence-electron chi connectivity index (χ2n) is 5.58. The molecule has 1 nitrogen and oxygen atoms in total. The highest BCUT2D eigenvalue weighted by atomic mass is 14.8. The summed E-state index contributed by atoms with van der Waals surface area (Å²) in [6.07, 6.45) is 3.29. The number of rotatable bonds is 6. The summed E-state index contributed by atoms with van der Waals surface area (Å²) in [5, 5.41) is 3.24. The number of hydrogen-bond donors (Lipinski definition) is 1. The highest BCUT2D eigenvalue weighted by Gasteiger charge is 2.11. The third-order valence-corrected chi connectivity index (χ3v) is 4.13. The van der Waals surface area contributed by atoms with Crippen molar-refractivity contribution in [1.82, 2.24) is 5.32 Å². The number of hydrogen-bond acceptors (Lipinski definition) is 1. The zero-order chi connectivity index (χ0) is 15.2. The lowest BCUT2D eigenvalue weighted by Gasteiger charge is -2.16. The topological polar surface area (TPSA) is 12.0 Å². The van der Waals surface area contributed by atoms with Crippen molar-refractivity contribution in [2.45, 2.75) is 46.6 Å². The molecule has 0 fully saturated rings. The molecule has 0 heterocycles. The van der Waals surface area contributed by atoms with Crippen molar-refractivity contribution < 1.29 is 0 Å². The summed E-state index contributed by atoms with van der Waals surface area (Å²) in [4.78, 5) is 0. The third-order valence-electron chi connectivity index (χ3n) is 4.13. The van der Waals surface area contributed by atoms with E-state index in [1.165, 1.54) is 33.4 Å². The van der Waals surface area contributed by atoms with E-state index in [1.54, 1.807) is 0 Å². The van der Waals surface area contributed by atoms with Crippen LogP contribution >= 0.6 is 0 Å². The lowest BCUT2D eigenvalue weighted by Crippen LogP contribution is -2.05. The van der Waals surface area contributed by atoms with E-state index in [-0.39, 0.29) is 0 Å². The lowest BCUT2D eigenvalue weighted by molar-refractivity contribution is 0.818. The molecule has 1 N–H and O–H groups in total. The van der Waals surface area contributed by atoms with Crippen LogP contribution in [-0.4, -0.2) is 7.05 Å². The molecule has 0 saturated carbocycles. The highest BCUT2D eigenvalue weighted by molar-refractivity contribution is 5.72. The molecule has 2 aromatic carbocycles. The van der Waals surface area contributed by atoms with Crippen LogP contribution in [0.2, 0.25) is 0 Å². The first kappa shape index (κ1) is 15.8. The van der Waals surface area contributed by atoms with Gasteiger partial charge >= 0.3 is 0 Å². The monoisotopic (exact) mass is 281 g/mol. The summed E-state index contributed by atoms with van der Waals surface area (Å²) < 4.78 is 0. The van der Waals surface area contributed by atoms with Gasteiger partial charge < -0.3 is 5.32 Å². The maximum absolute atomic E-state index is 3.24. The van der Waals surface area contributed by atoms with Crippen molar-refractivity contribution in [1.29, 1.82) is 0 Å². The summed E-state index contributed by atoms with van der Waals surface area (Å²) in [5.74, 6) is 0. The van der Waals surface area contributed by atoms with Crippen LogP contribution in [0, 0.1) is 0 Å². The lowest BCUT2D eigenvalue weighted by atomic mass is 9.88. The average molecular weight is 281 g/mol. The van der Waals surface area contributed by atoms with E-state index in [2.05, 4.69) is 62.5 Å². The molecule has 2 rings (SSSR count). The zero-order valence-corrected chi connectivity index (χ0v) is 13.8. The Hall–Kier alpha value is -1.60. The minimum atomic E-state index is 0.920. The van der Waals surface area contributed by atoms with Crippen LogP contribution < -0.4 is 5.32 Å². The molecule has 0 saturated heterocycles. The number of benzene rings is 2. The van der Waals surface area contributed by atoms with Gasteiger partial charge in [-0.2, -0.15) is 0 Å². The Morgan fingerprint density at radius 2 is 1.48 bits per heavy atom. The Labute approximate surface area is 129 Å². The Morgan fingerprint density at radius 1 is 0.810 bits per heavy atom. The first-order valence-corrected chi connectivity index (χ1v) is 8.12. The SMILES string of the molecule is CCc1cc(CC)c(-c2cccc(CNC)c2)c(CC)c1. The minimum absolute atomic E-state index is 0.920. The predicted molar refractivity (Wildman–Crippen MR) is 92.8 cm³/mol. The molecule has 0 bridgehead atoms. The molecule has 0 spiro atoms.